The molecule has 0 amide bonds. The van der Waals surface area contributed by atoms with E-state index in [-0.39, 0.29) is 0 Å². The van der Waals surface area contributed by atoms with Gasteiger partial charge in [-0.3, -0.25) is 0 Å². The van der Waals surface area contributed by atoms with E-state index in [0.717, 1.165) is 15.5 Å². The molecule has 14 heavy (non-hydrogen) atoms. The average Bonchev–Trinajstić information content (AvgIpc) is 2.59. The van der Waals surface area contributed by atoms with Gasteiger partial charge in [0.25, 0.3) is 0 Å². The van der Waals surface area contributed by atoms with Gasteiger partial charge >= 0.3 is 0 Å². The van der Waals surface area contributed by atoms with Crippen molar-refractivity contribution in [2.45, 2.75) is 6.92 Å². The van der Waals surface area contributed by atoms with Gasteiger partial charge < -0.3 is 9.47 Å². The topological polar surface area (TPSA) is 18.5 Å². The van der Waals surface area contributed by atoms with Crippen LogP contribution in [0.5, 0.6) is 10.8 Å². The number of thiophene rings is 1. The summed E-state index contributed by atoms with van der Waals surface area (Å²) in [5.41, 5.74) is 1.20. The second-order valence-corrected chi connectivity index (χ2v) is 4.17. The zero-order chi connectivity index (χ0) is 10.1. The van der Waals surface area contributed by atoms with E-state index in [4.69, 9.17) is 9.47 Å². The van der Waals surface area contributed by atoms with Crippen LogP contribution in [0.1, 0.15) is 5.56 Å². The van der Waals surface area contributed by atoms with Gasteiger partial charge in [0.2, 0.25) is 0 Å². The molecule has 0 atom stereocenters. The molecule has 0 fully saturated rings. The van der Waals surface area contributed by atoms with Gasteiger partial charge in [0.15, 0.2) is 5.06 Å². The molecule has 1 heterocycles. The first-order chi connectivity index (χ1) is 6.74. The molecule has 2 aromatic rings. The molecule has 0 spiro atoms. The SMILES string of the molecule is COc1cc2cc(C)cc(OC)c2s1. The molecular weight excluding hydrogens is 196 g/mol. The third kappa shape index (κ3) is 1.44. The second kappa shape index (κ2) is 3.50. The summed E-state index contributed by atoms with van der Waals surface area (Å²) in [5.74, 6) is 0.924. The maximum Gasteiger partial charge on any atom is 0.174 e. The van der Waals surface area contributed by atoms with Crippen LogP contribution >= 0.6 is 11.3 Å². The van der Waals surface area contributed by atoms with Gasteiger partial charge in [0, 0.05) is 5.39 Å². The summed E-state index contributed by atoms with van der Waals surface area (Å²) in [5, 5.41) is 2.10. The molecule has 3 heteroatoms. The van der Waals surface area contributed by atoms with E-state index in [1.165, 1.54) is 10.9 Å². The molecule has 0 aliphatic carbocycles. The molecule has 1 aromatic heterocycles. The molecule has 2 nitrogen and oxygen atoms in total. The van der Waals surface area contributed by atoms with Crippen LogP contribution in [0.3, 0.4) is 0 Å². The van der Waals surface area contributed by atoms with E-state index in [2.05, 4.69) is 13.0 Å². The quantitative estimate of drug-likeness (QED) is 0.754. The Hall–Kier alpha value is -1.22. The van der Waals surface area contributed by atoms with Crippen molar-refractivity contribution in [2.75, 3.05) is 14.2 Å². The van der Waals surface area contributed by atoms with Crippen LogP contribution in [0.25, 0.3) is 10.1 Å². The number of aryl methyl sites for hydroxylation is 1. The van der Waals surface area contributed by atoms with Gasteiger partial charge in [-0.25, -0.2) is 0 Å². The summed E-state index contributed by atoms with van der Waals surface area (Å²) in [6.45, 7) is 2.06. The lowest BCUT2D eigenvalue weighted by molar-refractivity contribution is 0.420. The van der Waals surface area contributed by atoms with Crippen molar-refractivity contribution in [3.05, 3.63) is 23.8 Å². The summed E-state index contributed by atoms with van der Waals surface area (Å²) in [6, 6.07) is 6.21. The van der Waals surface area contributed by atoms with E-state index >= 15 is 0 Å². The molecular formula is C11H12O2S. The van der Waals surface area contributed by atoms with Crippen molar-refractivity contribution in [1.29, 1.82) is 0 Å². The predicted octanol–water partition coefficient (Wildman–Crippen LogP) is 3.23. The number of hydrogen-bond acceptors (Lipinski definition) is 3. The van der Waals surface area contributed by atoms with Crippen molar-refractivity contribution in [3.8, 4) is 10.8 Å². The van der Waals surface area contributed by atoms with Gasteiger partial charge in [0.05, 0.1) is 18.9 Å². The molecule has 74 valence electrons. The fraction of sp³-hybridized carbons (Fsp3) is 0.273. The number of ether oxygens (including phenoxy) is 2. The molecule has 0 saturated carbocycles. The van der Waals surface area contributed by atoms with E-state index in [0.29, 0.717) is 0 Å². The van der Waals surface area contributed by atoms with Crippen LogP contribution in [-0.2, 0) is 0 Å². The number of methoxy groups -OCH3 is 2. The Balaban J connectivity index is 2.71. The van der Waals surface area contributed by atoms with E-state index in [1.54, 1.807) is 25.6 Å². The van der Waals surface area contributed by atoms with Crippen molar-refractivity contribution < 1.29 is 9.47 Å². The Morgan fingerprint density at radius 2 is 1.86 bits per heavy atom. The van der Waals surface area contributed by atoms with E-state index < -0.39 is 0 Å². The van der Waals surface area contributed by atoms with Crippen LogP contribution in [0.15, 0.2) is 18.2 Å². The van der Waals surface area contributed by atoms with Crippen molar-refractivity contribution in [1.82, 2.24) is 0 Å². The minimum absolute atomic E-state index is 0.920. The molecule has 0 radical (unpaired) electrons. The Bertz CT molecular complexity index is 460. The van der Waals surface area contributed by atoms with Crippen LogP contribution in [0, 0.1) is 6.92 Å². The molecule has 0 aliphatic heterocycles. The molecule has 2 rings (SSSR count). The number of hydrogen-bond donors (Lipinski definition) is 0. The zero-order valence-electron chi connectivity index (χ0n) is 8.46. The highest BCUT2D eigenvalue weighted by atomic mass is 32.1. The number of fused-ring (bicyclic) bond motifs is 1. The molecule has 0 saturated heterocycles. The van der Waals surface area contributed by atoms with Crippen LogP contribution < -0.4 is 9.47 Å². The van der Waals surface area contributed by atoms with Gasteiger partial charge in [-0.05, 0) is 24.6 Å². The fourth-order valence-corrected chi connectivity index (χ4v) is 2.44. The van der Waals surface area contributed by atoms with Gasteiger partial charge in [-0.2, -0.15) is 0 Å². The summed E-state index contributed by atoms with van der Waals surface area (Å²) in [4.78, 5) is 0. The molecule has 0 aliphatic rings. The van der Waals surface area contributed by atoms with Crippen LogP contribution in [0.4, 0.5) is 0 Å². The first-order valence-corrected chi connectivity index (χ1v) is 5.18. The maximum absolute atomic E-state index is 5.32. The third-order valence-corrected chi connectivity index (χ3v) is 3.25. The summed E-state index contributed by atoms with van der Waals surface area (Å²) in [7, 11) is 3.38. The lowest BCUT2D eigenvalue weighted by Crippen LogP contribution is -1.83. The Morgan fingerprint density at radius 3 is 2.50 bits per heavy atom. The molecule has 0 unspecified atom stereocenters. The first kappa shape index (κ1) is 9.34. The van der Waals surface area contributed by atoms with Gasteiger partial charge in [-0.15, -0.1) is 0 Å². The minimum Gasteiger partial charge on any atom is -0.495 e. The average molecular weight is 208 g/mol. The third-order valence-electron chi connectivity index (χ3n) is 2.13. The highest BCUT2D eigenvalue weighted by molar-refractivity contribution is 7.21. The summed E-state index contributed by atoms with van der Waals surface area (Å²) >= 11 is 1.61. The molecule has 0 N–H and O–H groups in total. The van der Waals surface area contributed by atoms with Gasteiger partial charge in [0.1, 0.15) is 5.75 Å². The van der Waals surface area contributed by atoms with Crippen molar-refractivity contribution in [3.63, 3.8) is 0 Å². The molecule has 0 bridgehead atoms. The van der Waals surface area contributed by atoms with Crippen LogP contribution in [0.2, 0.25) is 0 Å². The van der Waals surface area contributed by atoms with Gasteiger partial charge in [-0.1, -0.05) is 17.4 Å². The fourth-order valence-electron chi connectivity index (χ4n) is 1.49. The first-order valence-electron chi connectivity index (χ1n) is 4.37. The molecule has 1 aromatic carbocycles. The minimum atomic E-state index is 0.920. The number of rotatable bonds is 2. The highest BCUT2D eigenvalue weighted by Gasteiger charge is 2.07. The lowest BCUT2D eigenvalue weighted by Gasteiger charge is -2.02. The zero-order valence-corrected chi connectivity index (χ0v) is 9.27. The summed E-state index contributed by atoms with van der Waals surface area (Å²) in [6.07, 6.45) is 0. The number of benzene rings is 1. The van der Waals surface area contributed by atoms with Crippen molar-refractivity contribution >= 4 is 21.4 Å². The predicted molar refractivity (Wildman–Crippen MR) is 59.7 cm³/mol. The Labute approximate surface area is 87.1 Å². The van der Waals surface area contributed by atoms with E-state index in [9.17, 15) is 0 Å². The normalized spacial score (nSPS) is 10.5. The second-order valence-electron chi connectivity index (χ2n) is 3.16. The Morgan fingerprint density at radius 1 is 1.07 bits per heavy atom. The monoisotopic (exact) mass is 208 g/mol. The smallest absolute Gasteiger partial charge is 0.174 e. The largest absolute Gasteiger partial charge is 0.495 e. The Kier molecular flexibility index (Phi) is 2.33. The van der Waals surface area contributed by atoms with Crippen LogP contribution in [-0.4, -0.2) is 14.2 Å². The lowest BCUT2D eigenvalue weighted by atomic mass is 10.2. The van der Waals surface area contributed by atoms with E-state index in [1.807, 2.05) is 12.1 Å². The summed E-state index contributed by atoms with van der Waals surface area (Å²) < 4.78 is 11.7. The standard InChI is InChI=1S/C11H12O2S/c1-7-4-8-6-10(13-3)14-11(8)9(5-7)12-2/h4-6H,1-3H3. The maximum atomic E-state index is 5.32. The highest BCUT2D eigenvalue weighted by Crippen LogP contribution is 2.38. The van der Waals surface area contributed by atoms with Crippen molar-refractivity contribution in [2.24, 2.45) is 0 Å².